The molecule has 0 bridgehead atoms. The molecule has 1 amide bonds. The second-order valence-electron chi connectivity index (χ2n) is 5.78. The molecule has 4 nitrogen and oxygen atoms in total. The first-order valence-corrected chi connectivity index (χ1v) is 7.46. The Morgan fingerprint density at radius 1 is 1.40 bits per heavy atom. The zero-order valence-corrected chi connectivity index (χ0v) is 11.9. The van der Waals surface area contributed by atoms with Crippen LogP contribution >= 0.6 is 0 Å². The average molecular weight is 271 g/mol. The first-order valence-electron chi connectivity index (χ1n) is 7.46. The van der Waals surface area contributed by atoms with Crippen molar-refractivity contribution in [1.29, 1.82) is 0 Å². The first kappa shape index (κ1) is 13.2. The van der Waals surface area contributed by atoms with Crippen LogP contribution < -0.4 is 5.32 Å². The minimum absolute atomic E-state index is 0.0729. The van der Waals surface area contributed by atoms with E-state index < -0.39 is 0 Å². The molecule has 1 aromatic carbocycles. The lowest BCUT2D eigenvalue weighted by atomic mass is 10.0. The summed E-state index contributed by atoms with van der Waals surface area (Å²) in [5.41, 5.74) is 1.96. The van der Waals surface area contributed by atoms with Crippen LogP contribution in [0.15, 0.2) is 24.3 Å². The van der Waals surface area contributed by atoms with Gasteiger partial charge in [0.1, 0.15) is 5.82 Å². The average Bonchev–Trinajstić information content (AvgIpc) is 3.06. The number of H-pyrrole nitrogens is 1. The summed E-state index contributed by atoms with van der Waals surface area (Å²) in [7, 11) is 0. The number of nitrogens with one attached hydrogen (secondary N) is 2. The predicted molar refractivity (Wildman–Crippen MR) is 79.2 cm³/mol. The topological polar surface area (TPSA) is 57.8 Å². The van der Waals surface area contributed by atoms with Gasteiger partial charge in [-0.25, -0.2) is 4.98 Å². The van der Waals surface area contributed by atoms with Crippen molar-refractivity contribution in [3.63, 3.8) is 0 Å². The van der Waals surface area contributed by atoms with Gasteiger partial charge in [0.2, 0.25) is 5.91 Å². The van der Waals surface area contributed by atoms with Crippen molar-refractivity contribution in [2.45, 2.75) is 45.1 Å². The van der Waals surface area contributed by atoms with Gasteiger partial charge in [-0.1, -0.05) is 25.0 Å². The number of imidazole rings is 1. The summed E-state index contributed by atoms with van der Waals surface area (Å²) in [4.78, 5) is 19.8. The molecule has 1 atom stereocenters. The molecule has 2 N–H and O–H groups in total. The number of aromatic amines is 1. The van der Waals surface area contributed by atoms with Crippen molar-refractivity contribution in [1.82, 2.24) is 15.3 Å². The van der Waals surface area contributed by atoms with Gasteiger partial charge < -0.3 is 10.3 Å². The maximum absolute atomic E-state index is 12.0. The van der Waals surface area contributed by atoms with E-state index in [1.807, 2.05) is 31.2 Å². The SMILES string of the molecule is C[C@H](NC(=O)CC1CCCC1)c1nc2ccccc2[nH]1. The molecule has 1 saturated carbocycles. The van der Waals surface area contributed by atoms with Crippen LogP contribution in [0.4, 0.5) is 0 Å². The highest BCUT2D eigenvalue weighted by Crippen LogP contribution is 2.27. The smallest absolute Gasteiger partial charge is 0.220 e. The molecule has 106 valence electrons. The van der Waals surface area contributed by atoms with Gasteiger partial charge in [0.15, 0.2) is 0 Å². The second kappa shape index (κ2) is 5.65. The summed E-state index contributed by atoms with van der Waals surface area (Å²) in [6.45, 7) is 1.98. The lowest BCUT2D eigenvalue weighted by Gasteiger charge is -2.13. The lowest BCUT2D eigenvalue weighted by molar-refractivity contribution is -0.122. The Labute approximate surface area is 119 Å². The number of carbonyl (C=O) groups excluding carboxylic acids is 1. The van der Waals surface area contributed by atoms with Crippen LogP contribution in [-0.4, -0.2) is 15.9 Å². The molecule has 2 aromatic rings. The van der Waals surface area contributed by atoms with Gasteiger partial charge in [-0.15, -0.1) is 0 Å². The van der Waals surface area contributed by atoms with E-state index >= 15 is 0 Å². The summed E-state index contributed by atoms with van der Waals surface area (Å²) in [5.74, 6) is 1.55. The monoisotopic (exact) mass is 271 g/mol. The van der Waals surface area contributed by atoms with Gasteiger partial charge in [-0.05, 0) is 37.8 Å². The van der Waals surface area contributed by atoms with Crippen molar-refractivity contribution < 1.29 is 4.79 Å². The van der Waals surface area contributed by atoms with Gasteiger partial charge in [0.05, 0.1) is 17.1 Å². The minimum atomic E-state index is -0.0729. The molecule has 0 aliphatic heterocycles. The largest absolute Gasteiger partial charge is 0.346 e. The molecule has 1 heterocycles. The number of rotatable bonds is 4. The molecule has 20 heavy (non-hydrogen) atoms. The fraction of sp³-hybridized carbons (Fsp3) is 0.500. The van der Waals surface area contributed by atoms with Crippen molar-refractivity contribution in [2.24, 2.45) is 5.92 Å². The van der Waals surface area contributed by atoms with Crippen molar-refractivity contribution in [2.75, 3.05) is 0 Å². The Morgan fingerprint density at radius 3 is 2.90 bits per heavy atom. The summed E-state index contributed by atoms with van der Waals surface area (Å²) >= 11 is 0. The van der Waals surface area contributed by atoms with Crippen LogP contribution in [0.5, 0.6) is 0 Å². The summed E-state index contributed by atoms with van der Waals surface area (Å²) in [6.07, 6.45) is 5.61. The van der Waals surface area contributed by atoms with Crippen LogP contribution in [0.25, 0.3) is 11.0 Å². The van der Waals surface area contributed by atoms with E-state index in [4.69, 9.17) is 0 Å². The Bertz CT molecular complexity index is 566. The highest BCUT2D eigenvalue weighted by molar-refractivity contribution is 5.77. The number of carbonyl (C=O) groups is 1. The summed E-state index contributed by atoms with van der Waals surface area (Å²) < 4.78 is 0. The third-order valence-electron chi connectivity index (χ3n) is 4.14. The van der Waals surface area contributed by atoms with E-state index in [0.717, 1.165) is 16.9 Å². The molecule has 1 aliphatic carbocycles. The maximum atomic E-state index is 12.0. The Balaban J connectivity index is 1.62. The van der Waals surface area contributed by atoms with Gasteiger partial charge in [0.25, 0.3) is 0 Å². The highest BCUT2D eigenvalue weighted by atomic mass is 16.1. The molecule has 3 rings (SSSR count). The second-order valence-corrected chi connectivity index (χ2v) is 5.78. The normalized spacial score (nSPS) is 17.4. The van der Waals surface area contributed by atoms with Gasteiger partial charge in [-0.2, -0.15) is 0 Å². The molecule has 1 fully saturated rings. The number of hydrogen-bond acceptors (Lipinski definition) is 2. The third-order valence-corrected chi connectivity index (χ3v) is 4.14. The number of fused-ring (bicyclic) bond motifs is 1. The van der Waals surface area contributed by atoms with Crippen LogP contribution in [0, 0.1) is 5.92 Å². The zero-order chi connectivity index (χ0) is 13.9. The molecule has 0 unspecified atom stereocenters. The third kappa shape index (κ3) is 2.84. The molecular weight excluding hydrogens is 250 g/mol. The van der Waals surface area contributed by atoms with E-state index in [9.17, 15) is 4.79 Å². The van der Waals surface area contributed by atoms with Crippen LogP contribution in [0.3, 0.4) is 0 Å². The standard InChI is InChI=1S/C16H21N3O/c1-11(17-15(20)10-12-6-2-3-7-12)16-18-13-8-4-5-9-14(13)19-16/h4-5,8-9,11-12H,2-3,6-7,10H2,1H3,(H,17,20)(H,18,19)/t11-/m0/s1. The van der Waals surface area contributed by atoms with Crippen LogP contribution in [-0.2, 0) is 4.79 Å². The van der Waals surface area contributed by atoms with E-state index in [-0.39, 0.29) is 11.9 Å². The maximum Gasteiger partial charge on any atom is 0.220 e. The van der Waals surface area contributed by atoms with Gasteiger partial charge in [-0.3, -0.25) is 4.79 Å². The highest BCUT2D eigenvalue weighted by Gasteiger charge is 2.20. The van der Waals surface area contributed by atoms with Gasteiger partial charge in [0, 0.05) is 6.42 Å². The van der Waals surface area contributed by atoms with Gasteiger partial charge >= 0.3 is 0 Å². The molecule has 1 aromatic heterocycles. The zero-order valence-electron chi connectivity index (χ0n) is 11.9. The Morgan fingerprint density at radius 2 is 2.15 bits per heavy atom. The van der Waals surface area contributed by atoms with E-state index in [2.05, 4.69) is 15.3 Å². The van der Waals surface area contributed by atoms with E-state index in [1.54, 1.807) is 0 Å². The molecule has 1 aliphatic rings. The van der Waals surface area contributed by atoms with E-state index in [0.29, 0.717) is 12.3 Å². The van der Waals surface area contributed by atoms with Crippen LogP contribution in [0.1, 0.15) is 50.9 Å². The van der Waals surface area contributed by atoms with Crippen molar-refractivity contribution in [3.8, 4) is 0 Å². The lowest BCUT2D eigenvalue weighted by Crippen LogP contribution is -2.28. The number of nitrogens with zero attached hydrogens (tertiary/aromatic N) is 1. The Hall–Kier alpha value is -1.84. The van der Waals surface area contributed by atoms with Crippen LogP contribution in [0.2, 0.25) is 0 Å². The predicted octanol–water partition coefficient (Wildman–Crippen LogP) is 3.32. The van der Waals surface area contributed by atoms with Crippen molar-refractivity contribution >= 4 is 16.9 Å². The minimum Gasteiger partial charge on any atom is -0.346 e. The fourth-order valence-corrected chi connectivity index (χ4v) is 3.02. The molecule has 4 heteroatoms. The first-order chi connectivity index (χ1) is 9.72. The quantitative estimate of drug-likeness (QED) is 0.896. The number of amides is 1. The number of aromatic nitrogens is 2. The number of benzene rings is 1. The van der Waals surface area contributed by atoms with E-state index in [1.165, 1.54) is 25.7 Å². The number of hydrogen-bond donors (Lipinski definition) is 2. The molecule has 0 radical (unpaired) electrons. The fourth-order valence-electron chi connectivity index (χ4n) is 3.02. The Kier molecular flexibility index (Phi) is 3.72. The summed E-state index contributed by atoms with van der Waals surface area (Å²) in [5, 5.41) is 3.05. The van der Waals surface area contributed by atoms with Crippen molar-refractivity contribution in [3.05, 3.63) is 30.1 Å². The molecule has 0 saturated heterocycles. The molecule has 0 spiro atoms. The summed E-state index contributed by atoms with van der Waals surface area (Å²) in [6, 6.07) is 7.85. The number of para-hydroxylation sites is 2. The molecular formula is C16H21N3O.